The van der Waals surface area contributed by atoms with Crippen LogP contribution in [0.1, 0.15) is 72.6 Å². The first-order valence-electron chi connectivity index (χ1n) is 7.56. The van der Waals surface area contributed by atoms with E-state index in [4.69, 9.17) is 0 Å². The van der Waals surface area contributed by atoms with Crippen LogP contribution in [-0.2, 0) is 0 Å². The summed E-state index contributed by atoms with van der Waals surface area (Å²) in [7, 11) is 0. The quantitative estimate of drug-likeness (QED) is 0.440. The minimum atomic E-state index is 0.886. The summed E-state index contributed by atoms with van der Waals surface area (Å²) in [6.45, 7) is 9.51. The number of hydrogen-bond donors (Lipinski definition) is 0. The first kappa shape index (κ1) is 16.6. The molecular formula is C15H31Li. The summed E-state index contributed by atoms with van der Waals surface area (Å²) in [5, 5.41) is 1.35. The molecule has 0 heterocycles. The average molecular weight is 218 g/mol. The van der Waals surface area contributed by atoms with Gasteiger partial charge in [0.05, 0.1) is 0 Å². The van der Waals surface area contributed by atoms with Crippen LogP contribution in [0.5, 0.6) is 0 Å². The van der Waals surface area contributed by atoms with Crippen molar-refractivity contribution < 1.29 is 0 Å². The van der Waals surface area contributed by atoms with Crippen LogP contribution in [0, 0.1) is 17.8 Å². The Morgan fingerprint density at radius 3 is 1.56 bits per heavy atom. The van der Waals surface area contributed by atoms with Crippen LogP contribution < -0.4 is 0 Å². The molecule has 0 aromatic rings. The van der Waals surface area contributed by atoms with Gasteiger partial charge in [0.1, 0.15) is 0 Å². The van der Waals surface area contributed by atoms with Crippen LogP contribution in [0.15, 0.2) is 0 Å². The Kier molecular flexibility index (Phi) is 11.1. The van der Waals surface area contributed by atoms with E-state index in [1.54, 1.807) is 0 Å². The van der Waals surface area contributed by atoms with Crippen molar-refractivity contribution in [1.29, 1.82) is 0 Å². The predicted octanol–water partition coefficient (Wildman–Crippen LogP) is 5.23. The Labute approximate surface area is 113 Å². The third kappa shape index (κ3) is 11.1. The second-order valence-electron chi connectivity index (χ2n) is 6.25. The summed E-state index contributed by atoms with van der Waals surface area (Å²) in [5.74, 6) is 2.79. The van der Waals surface area contributed by atoms with E-state index in [9.17, 15) is 0 Å². The summed E-state index contributed by atoms with van der Waals surface area (Å²) in [6, 6.07) is 0. The van der Waals surface area contributed by atoms with Crippen LogP contribution in [0.3, 0.4) is 0 Å². The number of hydrogen-bond acceptors (Lipinski definition) is 0. The van der Waals surface area contributed by atoms with Gasteiger partial charge in [-0.1, -0.05) is 0 Å². The van der Waals surface area contributed by atoms with Crippen molar-refractivity contribution in [3.63, 3.8) is 0 Å². The molecule has 2 unspecified atom stereocenters. The van der Waals surface area contributed by atoms with Crippen LogP contribution in [0.2, 0.25) is 5.09 Å². The molecule has 0 N–H and O–H groups in total. The van der Waals surface area contributed by atoms with Gasteiger partial charge in [-0.15, -0.1) is 0 Å². The van der Waals surface area contributed by atoms with Crippen molar-refractivity contribution in [2.24, 2.45) is 17.8 Å². The topological polar surface area (TPSA) is 0 Å². The van der Waals surface area contributed by atoms with E-state index in [0.717, 1.165) is 17.8 Å². The molecule has 0 fully saturated rings. The molecule has 0 aliphatic rings. The summed E-state index contributed by atoms with van der Waals surface area (Å²) in [4.78, 5) is 0. The third-order valence-corrected chi connectivity index (χ3v) is 3.65. The molecule has 0 nitrogen and oxygen atoms in total. The van der Waals surface area contributed by atoms with Crippen LogP contribution >= 0.6 is 0 Å². The Balaban J connectivity index is 3.32. The van der Waals surface area contributed by atoms with Gasteiger partial charge in [0.15, 0.2) is 0 Å². The normalized spacial score (nSPS) is 15.4. The predicted molar refractivity (Wildman–Crippen MR) is 76.0 cm³/mol. The summed E-state index contributed by atoms with van der Waals surface area (Å²) >= 11 is 2.30. The SMILES string of the molecule is [Li][CH2]CC(C)CCCC(C)CCCC(C)C. The van der Waals surface area contributed by atoms with E-state index in [1.807, 2.05) is 0 Å². The zero-order valence-electron chi connectivity index (χ0n) is 12.4. The van der Waals surface area contributed by atoms with E-state index < -0.39 is 0 Å². The van der Waals surface area contributed by atoms with Gasteiger partial charge >= 0.3 is 113 Å². The van der Waals surface area contributed by atoms with Gasteiger partial charge in [-0.2, -0.15) is 0 Å². The fourth-order valence-electron chi connectivity index (χ4n) is 2.47. The molecule has 0 spiro atoms. The molecule has 0 saturated carbocycles. The molecule has 0 aliphatic carbocycles. The molecule has 92 valence electrons. The van der Waals surface area contributed by atoms with E-state index in [1.165, 1.54) is 50.0 Å². The van der Waals surface area contributed by atoms with E-state index in [2.05, 4.69) is 45.4 Å². The van der Waals surface area contributed by atoms with Gasteiger partial charge in [-0.25, -0.2) is 0 Å². The fraction of sp³-hybridized carbons (Fsp3) is 1.00. The van der Waals surface area contributed by atoms with Crippen molar-refractivity contribution >= 4 is 17.7 Å². The first-order valence-corrected chi connectivity index (χ1v) is 7.56. The molecule has 0 saturated heterocycles. The Morgan fingerprint density at radius 2 is 1.12 bits per heavy atom. The molecule has 2 atom stereocenters. The summed E-state index contributed by atoms with van der Waals surface area (Å²) in [6.07, 6.45) is 10.1. The van der Waals surface area contributed by atoms with Crippen molar-refractivity contribution in [3.8, 4) is 0 Å². The average Bonchev–Trinajstić information content (AvgIpc) is 2.17. The number of rotatable bonds is 10. The van der Waals surface area contributed by atoms with Crippen LogP contribution in [-0.4, -0.2) is 17.7 Å². The van der Waals surface area contributed by atoms with Crippen LogP contribution in [0.25, 0.3) is 0 Å². The molecule has 0 amide bonds. The molecule has 0 radical (unpaired) electrons. The van der Waals surface area contributed by atoms with Gasteiger partial charge < -0.3 is 0 Å². The Bertz CT molecular complexity index is 142. The molecule has 0 aromatic carbocycles. The van der Waals surface area contributed by atoms with E-state index in [0.29, 0.717) is 0 Å². The maximum absolute atomic E-state index is 2.44. The third-order valence-electron chi connectivity index (χ3n) is 3.65. The van der Waals surface area contributed by atoms with E-state index >= 15 is 0 Å². The van der Waals surface area contributed by atoms with Crippen molar-refractivity contribution in [3.05, 3.63) is 0 Å². The molecule has 0 aromatic heterocycles. The second-order valence-corrected chi connectivity index (χ2v) is 6.25. The molecule has 0 bridgehead atoms. The fourth-order valence-corrected chi connectivity index (χ4v) is 2.47. The Morgan fingerprint density at radius 1 is 0.688 bits per heavy atom. The maximum atomic E-state index is 2.44. The van der Waals surface area contributed by atoms with Gasteiger partial charge in [0.25, 0.3) is 0 Å². The molecule has 0 rings (SSSR count). The molecule has 1 heteroatoms. The zero-order valence-corrected chi connectivity index (χ0v) is 12.4. The van der Waals surface area contributed by atoms with Crippen molar-refractivity contribution in [2.75, 3.05) is 0 Å². The zero-order chi connectivity index (χ0) is 12.4. The van der Waals surface area contributed by atoms with E-state index in [-0.39, 0.29) is 0 Å². The molecular weight excluding hydrogens is 187 g/mol. The van der Waals surface area contributed by atoms with Gasteiger partial charge in [-0.05, 0) is 0 Å². The van der Waals surface area contributed by atoms with Crippen molar-refractivity contribution in [2.45, 2.75) is 77.7 Å². The van der Waals surface area contributed by atoms with Crippen molar-refractivity contribution in [1.82, 2.24) is 0 Å². The minimum absolute atomic E-state index is 0.886. The monoisotopic (exact) mass is 218 g/mol. The van der Waals surface area contributed by atoms with Gasteiger partial charge in [0, 0.05) is 0 Å². The summed E-state index contributed by atoms with van der Waals surface area (Å²) in [5.41, 5.74) is 0. The van der Waals surface area contributed by atoms with Crippen LogP contribution in [0.4, 0.5) is 0 Å². The second kappa shape index (κ2) is 10.7. The summed E-state index contributed by atoms with van der Waals surface area (Å²) < 4.78 is 0. The molecule has 0 aliphatic heterocycles. The van der Waals surface area contributed by atoms with Gasteiger partial charge in [-0.3, -0.25) is 0 Å². The Hall–Kier alpha value is 0.597. The first-order chi connectivity index (χ1) is 7.56. The standard InChI is InChI=1S/C15H31.Li/c1-6-14(4)10-8-12-15(5)11-7-9-13(2)3;/h13-15H,1,6-12H2,2-5H3;. The molecule has 16 heavy (non-hydrogen) atoms. The van der Waals surface area contributed by atoms with Gasteiger partial charge in [0.2, 0.25) is 0 Å².